The first-order valence-corrected chi connectivity index (χ1v) is 11.1. The average molecular weight is 475 g/mol. The topological polar surface area (TPSA) is 58.6 Å². The minimum absolute atomic E-state index is 0.121. The van der Waals surface area contributed by atoms with Gasteiger partial charge in [0.05, 0.1) is 0 Å². The Kier molecular flexibility index (Phi) is 9.37. The Morgan fingerprint density at radius 2 is 1.60 bits per heavy atom. The van der Waals surface area contributed by atoms with Gasteiger partial charge in [-0.2, -0.15) is 0 Å². The summed E-state index contributed by atoms with van der Waals surface area (Å²) in [7, 11) is 0. The van der Waals surface area contributed by atoms with Crippen molar-refractivity contribution < 1.29 is 14.3 Å². The zero-order chi connectivity index (χ0) is 22.1. The molecular formula is C24H31BrN2O3. The van der Waals surface area contributed by atoms with E-state index >= 15 is 0 Å². The Labute approximate surface area is 187 Å². The van der Waals surface area contributed by atoms with Crippen LogP contribution in [0.25, 0.3) is 0 Å². The summed E-state index contributed by atoms with van der Waals surface area (Å²) in [5, 5.41) is 2.92. The minimum Gasteiger partial charge on any atom is -0.484 e. The van der Waals surface area contributed by atoms with Crippen LogP contribution in [0.4, 0.5) is 0 Å². The lowest BCUT2D eigenvalue weighted by Gasteiger charge is -2.29. The lowest BCUT2D eigenvalue weighted by molar-refractivity contribution is -0.142. The van der Waals surface area contributed by atoms with Crippen LogP contribution in [0.2, 0.25) is 0 Å². The predicted octanol–water partition coefficient (Wildman–Crippen LogP) is 4.58. The number of nitrogens with one attached hydrogen (secondary N) is 1. The Balaban J connectivity index is 2.10. The third-order valence-electron chi connectivity index (χ3n) is 4.81. The number of nitrogens with zero attached hydrogens (tertiary/aromatic N) is 1. The zero-order valence-electron chi connectivity index (χ0n) is 18.2. The van der Waals surface area contributed by atoms with Crippen LogP contribution >= 0.6 is 15.9 Å². The van der Waals surface area contributed by atoms with Crippen molar-refractivity contribution in [3.63, 3.8) is 0 Å². The molecule has 162 valence electrons. The minimum atomic E-state index is -0.606. The second-order valence-corrected chi connectivity index (χ2v) is 8.66. The molecule has 0 saturated carbocycles. The van der Waals surface area contributed by atoms with E-state index in [4.69, 9.17) is 4.74 Å². The molecule has 1 atom stereocenters. The van der Waals surface area contributed by atoms with Crippen molar-refractivity contribution in [2.45, 2.75) is 46.7 Å². The van der Waals surface area contributed by atoms with Crippen molar-refractivity contribution >= 4 is 27.7 Å². The summed E-state index contributed by atoms with van der Waals surface area (Å²) in [5.74, 6) is 0.582. The molecule has 0 bridgehead atoms. The summed E-state index contributed by atoms with van der Waals surface area (Å²) >= 11 is 3.42. The molecule has 5 nitrogen and oxygen atoms in total. The molecule has 30 heavy (non-hydrogen) atoms. The van der Waals surface area contributed by atoms with E-state index in [0.29, 0.717) is 24.8 Å². The molecule has 0 fully saturated rings. The second-order valence-electron chi connectivity index (χ2n) is 7.75. The monoisotopic (exact) mass is 474 g/mol. The first kappa shape index (κ1) is 23.9. The number of amides is 2. The molecule has 0 aromatic heterocycles. The second kappa shape index (κ2) is 11.7. The van der Waals surface area contributed by atoms with E-state index in [0.717, 1.165) is 16.5 Å². The molecule has 0 aliphatic heterocycles. The van der Waals surface area contributed by atoms with Crippen LogP contribution in [0.15, 0.2) is 53.0 Å². The van der Waals surface area contributed by atoms with Crippen molar-refractivity contribution in [1.82, 2.24) is 10.2 Å². The van der Waals surface area contributed by atoms with Crippen molar-refractivity contribution in [3.05, 3.63) is 64.1 Å². The largest absolute Gasteiger partial charge is 0.484 e. The summed E-state index contributed by atoms with van der Waals surface area (Å²) < 4.78 is 6.67. The molecule has 6 heteroatoms. The van der Waals surface area contributed by atoms with Crippen LogP contribution in [-0.2, 0) is 22.6 Å². The van der Waals surface area contributed by atoms with Crippen LogP contribution < -0.4 is 10.1 Å². The van der Waals surface area contributed by atoms with Crippen LogP contribution in [0, 0.1) is 5.92 Å². The van der Waals surface area contributed by atoms with E-state index in [1.165, 1.54) is 5.56 Å². The standard InChI is InChI=1S/C24H31BrN2O3/c1-5-19-8-12-22(13-9-19)30-16-23(28)27(15-20-6-10-21(25)11-7-20)18(4)24(29)26-14-17(2)3/h6-13,17-18H,5,14-16H2,1-4H3,(H,26,29)/t18-/m1/s1. The lowest BCUT2D eigenvalue weighted by Crippen LogP contribution is -2.49. The molecule has 0 spiro atoms. The molecule has 0 saturated heterocycles. The highest BCUT2D eigenvalue weighted by Crippen LogP contribution is 2.16. The number of aryl methyl sites for hydroxylation is 1. The molecule has 0 radical (unpaired) electrons. The number of ether oxygens (including phenoxy) is 1. The molecule has 0 aliphatic carbocycles. The van der Waals surface area contributed by atoms with Gasteiger partial charge in [0.15, 0.2) is 6.61 Å². The summed E-state index contributed by atoms with van der Waals surface area (Å²) in [6.45, 7) is 8.70. The number of rotatable bonds is 10. The summed E-state index contributed by atoms with van der Waals surface area (Å²) in [5.41, 5.74) is 2.16. The molecule has 2 aromatic carbocycles. The van der Waals surface area contributed by atoms with Crippen LogP contribution in [-0.4, -0.2) is 35.9 Å². The quantitative estimate of drug-likeness (QED) is 0.548. The first-order valence-electron chi connectivity index (χ1n) is 10.3. The highest BCUT2D eigenvalue weighted by atomic mass is 79.9. The Morgan fingerprint density at radius 3 is 2.17 bits per heavy atom. The molecular weight excluding hydrogens is 444 g/mol. The molecule has 2 amide bonds. The zero-order valence-corrected chi connectivity index (χ0v) is 19.7. The lowest BCUT2D eigenvalue weighted by atomic mass is 10.1. The van der Waals surface area contributed by atoms with Crippen molar-refractivity contribution in [3.8, 4) is 5.75 Å². The number of carbonyl (C=O) groups is 2. The van der Waals surface area contributed by atoms with Gasteiger partial charge in [-0.05, 0) is 54.7 Å². The van der Waals surface area contributed by atoms with Gasteiger partial charge in [-0.3, -0.25) is 9.59 Å². The molecule has 2 rings (SSSR count). The van der Waals surface area contributed by atoms with Gasteiger partial charge in [0.25, 0.3) is 5.91 Å². The van der Waals surface area contributed by atoms with Gasteiger partial charge in [-0.1, -0.05) is 61.0 Å². The van der Waals surface area contributed by atoms with Crippen molar-refractivity contribution in [2.24, 2.45) is 5.92 Å². The Morgan fingerprint density at radius 1 is 1.00 bits per heavy atom. The van der Waals surface area contributed by atoms with E-state index in [2.05, 4.69) is 28.2 Å². The highest BCUT2D eigenvalue weighted by Gasteiger charge is 2.26. The highest BCUT2D eigenvalue weighted by molar-refractivity contribution is 9.10. The van der Waals surface area contributed by atoms with E-state index in [1.807, 2.05) is 62.4 Å². The van der Waals surface area contributed by atoms with Gasteiger partial charge in [0.2, 0.25) is 5.91 Å². The summed E-state index contributed by atoms with van der Waals surface area (Å²) in [6, 6.07) is 14.8. The van der Waals surface area contributed by atoms with Gasteiger partial charge >= 0.3 is 0 Å². The van der Waals surface area contributed by atoms with Gasteiger partial charge in [-0.15, -0.1) is 0 Å². The Hall–Kier alpha value is -2.34. The number of halogens is 1. The van der Waals surface area contributed by atoms with Crippen LogP contribution in [0.3, 0.4) is 0 Å². The van der Waals surface area contributed by atoms with Gasteiger partial charge in [0.1, 0.15) is 11.8 Å². The molecule has 0 unspecified atom stereocenters. The summed E-state index contributed by atoms with van der Waals surface area (Å²) in [4.78, 5) is 27.2. The number of carbonyl (C=O) groups excluding carboxylic acids is 2. The van der Waals surface area contributed by atoms with Gasteiger partial charge in [-0.25, -0.2) is 0 Å². The smallest absolute Gasteiger partial charge is 0.261 e. The average Bonchev–Trinajstić information content (AvgIpc) is 2.75. The number of benzene rings is 2. The summed E-state index contributed by atoms with van der Waals surface area (Å²) in [6.07, 6.45) is 0.948. The first-order chi connectivity index (χ1) is 14.3. The van der Waals surface area contributed by atoms with E-state index in [1.54, 1.807) is 11.8 Å². The number of hydrogen-bond donors (Lipinski definition) is 1. The van der Waals surface area contributed by atoms with Crippen molar-refractivity contribution in [1.29, 1.82) is 0 Å². The molecule has 1 N–H and O–H groups in total. The third-order valence-corrected chi connectivity index (χ3v) is 5.34. The maximum atomic E-state index is 13.0. The fourth-order valence-corrected chi connectivity index (χ4v) is 3.14. The molecule has 2 aromatic rings. The molecule has 0 heterocycles. The maximum absolute atomic E-state index is 13.0. The number of hydrogen-bond acceptors (Lipinski definition) is 3. The van der Waals surface area contributed by atoms with Crippen molar-refractivity contribution in [2.75, 3.05) is 13.2 Å². The van der Waals surface area contributed by atoms with E-state index in [-0.39, 0.29) is 18.4 Å². The predicted molar refractivity (Wildman–Crippen MR) is 123 cm³/mol. The van der Waals surface area contributed by atoms with Crippen LogP contribution in [0.5, 0.6) is 5.75 Å². The van der Waals surface area contributed by atoms with Gasteiger partial charge < -0.3 is 15.0 Å². The fourth-order valence-electron chi connectivity index (χ4n) is 2.87. The SMILES string of the molecule is CCc1ccc(OCC(=O)N(Cc2ccc(Br)cc2)[C@H](C)C(=O)NCC(C)C)cc1. The van der Waals surface area contributed by atoms with E-state index < -0.39 is 6.04 Å². The Bertz CT molecular complexity index is 819. The fraction of sp³-hybridized carbons (Fsp3) is 0.417. The van der Waals surface area contributed by atoms with Gasteiger partial charge in [0, 0.05) is 17.6 Å². The normalized spacial score (nSPS) is 11.8. The van der Waals surface area contributed by atoms with Crippen LogP contribution in [0.1, 0.15) is 38.8 Å². The maximum Gasteiger partial charge on any atom is 0.261 e. The van der Waals surface area contributed by atoms with E-state index in [9.17, 15) is 9.59 Å². The third kappa shape index (κ3) is 7.48. The molecule has 0 aliphatic rings.